The molecule has 1 amide bonds. The Hall–Kier alpha value is -3.91. The number of nitrogens with zero attached hydrogens (tertiary/aromatic N) is 3. The first kappa shape index (κ1) is 20.4. The quantitative estimate of drug-likeness (QED) is 0.208. The van der Waals surface area contributed by atoms with E-state index in [-0.39, 0.29) is 17.2 Å². The van der Waals surface area contributed by atoms with E-state index < -0.39 is 0 Å². The molecule has 8 heteroatoms. The van der Waals surface area contributed by atoms with Crippen molar-refractivity contribution in [1.82, 2.24) is 15.0 Å². The summed E-state index contributed by atoms with van der Waals surface area (Å²) in [6, 6.07) is 20.0. The first-order chi connectivity index (χ1) is 15.2. The number of furan rings is 1. The lowest BCUT2D eigenvalue weighted by molar-refractivity contribution is -0.118. The van der Waals surface area contributed by atoms with Crippen LogP contribution >= 0.6 is 11.8 Å². The van der Waals surface area contributed by atoms with E-state index in [1.54, 1.807) is 42.7 Å². The molecule has 2 aromatic carbocycles. The van der Waals surface area contributed by atoms with E-state index in [2.05, 4.69) is 15.5 Å². The minimum Gasteiger partial charge on any atom is -0.465 e. The summed E-state index contributed by atoms with van der Waals surface area (Å²) in [4.78, 5) is 29.9. The van der Waals surface area contributed by atoms with Gasteiger partial charge in [0.2, 0.25) is 0 Å². The summed E-state index contributed by atoms with van der Waals surface area (Å²) >= 11 is 1.17. The van der Waals surface area contributed by atoms with Crippen LogP contribution in [0.1, 0.15) is 5.76 Å². The number of amides is 1. The zero-order valence-corrected chi connectivity index (χ0v) is 17.2. The average Bonchev–Trinajstić information content (AvgIpc) is 3.32. The highest BCUT2D eigenvalue weighted by Gasteiger charge is 2.14. The maximum Gasteiger partial charge on any atom is 0.266 e. The number of hydrogen-bond donors (Lipinski definition) is 1. The number of fused-ring (bicyclic) bond motifs is 1. The molecule has 4 aromatic rings. The van der Waals surface area contributed by atoms with Crippen LogP contribution in [0.2, 0.25) is 0 Å². The molecule has 0 aliphatic carbocycles. The number of benzene rings is 2. The molecule has 0 unspecified atom stereocenters. The summed E-state index contributed by atoms with van der Waals surface area (Å²) < 4.78 is 6.69. The molecule has 2 heterocycles. The molecule has 2 aromatic heterocycles. The molecule has 0 radical (unpaired) electrons. The van der Waals surface area contributed by atoms with Gasteiger partial charge in [-0.3, -0.25) is 14.2 Å². The number of hydrogen-bond acceptors (Lipinski definition) is 6. The van der Waals surface area contributed by atoms with E-state index in [0.717, 1.165) is 0 Å². The van der Waals surface area contributed by atoms with E-state index in [9.17, 15) is 9.59 Å². The van der Waals surface area contributed by atoms with Crippen LogP contribution in [0.25, 0.3) is 22.7 Å². The van der Waals surface area contributed by atoms with Crippen LogP contribution in [0, 0.1) is 0 Å². The summed E-state index contributed by atoms with van der Waals surface area (Å²) in [7, 11) is 0. The van der Waals surface area contributed by atoms with E-state index >= 15 is 0 Å². The fourth-order valence-corrected chi connectivity index (χ4v) is 3.66. The van der Waals surface area contributed by atoms with Crippen molar-refractivity contribution in [1.29, 1.82) is 0 Å². The molecule has 0 aliphatic heterocycles. The first-order valence-electron chi connectivity index (χ1n) is 9.44. The van der Waals surface area contributed by atoms with Gasteiger partial charge in [-0.2, -0.15) is 5.10 Å². The van der Waals surface area contributed by atoms with Gasteiger partial charge in [0.1, 0.15) is 5.76 Å². The highest BCUT2D eigenvalue weighted by Crippen LogP contribution is 2.21. The zero-order chi connectivity index (χ0) is 21.5. The van der Waals surface area contributed by atoms with Crippen molar-refractivity contribution in [3.63, 3.8) is 0 Å². The average molecular weight is 430 g/mol. The summed E-state index contributed by atoms with van der Waals surface area (Å²) in [5.41, 5.74) is 3.55. The number of carbonyl (C=O) groups is 1. The summed E-state index contributed by atoms with van der Waals surface area (Å²) in [5, 5.41) is 4.83. The van der Waals surface area contributed by atoms with Crippen LogP contribution in [-0.4, -0.2) is 27.4 Å². The number of thioether (sulfide) groups is 1. The van der Waals surface area contributed by atoms with Gasteiger partial charge in [0.15, 0.2) is 5.16 Å². The monoisotopic (exact) mass is 430 g/mol. The van der Waals surface area contributed by atoms with Crippen LogP contribution in [0.3, 0.4) is 0 Å². The molecule has 0 saturated heterocycles. The zero-order valence-electron chi connectivity index (χ0n) is 16.3. The second kappa shape index (κ2) is 9.73. The minimum atomic E-state index is -0.310. The third-order valence-corrected chi connectivity index (χ3v) is 5.18. The van der Waals surface area contributed by atoms with E-state index in [4.69, 9.17) is 4.42 Å². The van der Waals surface area contributed by atoms with Crippen LogP contribution in [0.4, 0.5) is 0 Å². The smallest absolute Gasteiger partial charge is 0.266 e. The highest BCUT2D eigenvalue weighted by atomic mass is 32.2. The molecule has 0 bridgehead atoms. The molecule has 0 saturated carbocycles. The van der Waals surface area contributed by atoms with Crippen molar-refractivity contribution in [2.75, 3.05) is 5.75 Å². The van der Waals surface area contributed by atoms with Crippen LogP contribution in [0.15, 0.2) is 98.5 Å². The fourth-order valence-electron chi connectivity index (χ4n) is 2.85. The third kappa shape index (κ3) is 4.99. The van der Waals surface area contributed by atoms with E-state index in [1.807, 2.05) is 42.5 Å². The predicted octanol–water partition coefficient (Wildman–Crippen LogP) is 3.89. The molecule has 0 atom stereocenters. The molecule has 7 nitrogen and oxygen atoms in total. The molecular formula is C23H18N4O3S. The standard InChI is InChI=1S/C23H18N4O3S/c28-21(26-24-14-6-10-18-11-7-15-30-18)16-31-23-25-20-13-5-4-12-19(20)22(29)27(23)17-8-2-1-3-9-17/h1-15H,16H2,(H,26,28). The van der Waals surface area contributed by atoms with Gasteiger partial charge < -0.3 is 4.42 Å². The Labute approximate surface area is 182 Å². The van der Waals surface area contributed by atoms with Gasteiger partial charge in [-0.15, -0.1) is 0 Å². The van der Waals surface area contributed by atoms with Gasteiger partial charge in [0.25, 0.3) is 11.5 Å². The van der Waals surface area contributed by atoms with Crippen molar-refractivity contribution in [2.24, 2.45) is 5.10 Å². The number of nitrogens with one attached hydrogen (secondary N) is 1. The molecular weight excluding hydrogens is 412 g/mol. The Bertz CT molecular complexity index is 1300. The highest BCUT2D eigenvalue weighted by molar-refractivity contribution is 7.99. The Morgan fingerprint density at radius 2 is 1.90 bits per heavy atom. The second-order valence-corrected chi connectivity index (χ2v) is 7.31. The Kier molecular flexibility index (Phi) is 6.39. The van der Waals surface area contributed by atoms with Crippen LogP contribution in [0.5, 0.6) is 0 Å². The summed E-state index contributed by atoms with van der Waals surface area (Å²) in [5.74, 6) is 0.431. The number of rotatable bonds is 7. The molecule has 4 rings (SSSR count). The third-order valence-electron chi connectivity index (χ3n) is 4.25. The van der Waals surface area contributed by atoms with Crippen LogP contribution in [-0.2, 0) is 4.79 Å². The van der Waals surface area contributed by atoms with E-state index in [1.165, 1.54) is 22.5 Å². The Morgan fingerprint density at radius 3 is 2.71 bits per heavy atom. The maximum absolute atomic E-state index is 13.1. The predicted molar refractivity (Wildman–Crippen MR) is 122 cm³/mol. The van der Waals surface area contributed by atoms with Gasteiger partial charge in [-0.1, -0.05) is 42.1 Å². The molecule has 0 spiro atoms. The molecule has 154 valence electrons. The summed E-state index contributed by atoms with van der Waals surface area (Å²) in [6.07, 6.45) is 6.41. The van der Waals surface area contributed by atoms with Crippen molar-refractivity contribution in [3.05, 3.63) is 95.2 Å². The summed E-state index contributed by atoms with van der Waals surface area (Å²) in [6.45, 7) is 0. The molecule has 1 N–H and O–H groups in total. The van der Waals surface area contributed by atoms with Crippen molar-refractivity contribution in [3.8, 4) is 5.69 Å². The number of hydrazone groups is 1. The SMILES string of the molecule is O=C(CSc1nc2ccccc2c(=O)n1-c1ccccc1)NN=CC=Cc1ccco1. The lowest BCUT2D eigenvalue weighted by Crippen LogP contribution is -2.24. The molecule has 31 heavy (non-hydrogen) atoms. The fraction of sp³-hybridized carbons (Fsp3) is 0.0435. The molecule has 0 fully saturated rings. The topological polar surface area (TPSA) is 89.5 Å². The Balaban J connectivity index is 1.50. The van der Waals surface area contributed by atoms with Crippen molar-refractivity contribution >= 4 is 40.9 Å². The normalized spacial score (nSPS) is 11.5. The number of carbonyl (C=O) groups excluding carboxylic acids is 1. The van der Waals surface area contributed by atoms with Gasteiger partial charge in [-0.25, -0.2) is 10.4 Å². The van der Waals surface area contributed by atoms with Gasteiger partial charge in [-0.05, 0) is 48.6 Å². The maximum atomic E-state index is 13.1. The largest absolute Gasteiger partial charge is 0.465 e. The number of para-hydroxylation sites is 2. The second-order valence-electron chi connectivity index (χ2n) is 6.36. The molecule has 0 aliphatic rings. The van der Waals surface area contributed by atoms with Gasteiger partial charge in [0, 0.05) is 6.21 Å². The number of aromatic nitrogens is 2. The minimum absolute atomic E-state index is 0.0524. The van der Waals surface area contributed by atoms with Gasteiger partial charge >= 0.3 is 0 Å². The van der Waals surface area contributed by atoms with Gasteiger partial charge in [0.05, 0.1) is 28.6 Å². The number of allylic oxidation sites excluding steroid dienone is 1. The lowest BCUT2D eigenvalue weighted by Gasteiger charge is -2.12. The van der Waals surface area contributed by atoms with Crippen LogP contribution < -0.4 is 11.0 Å². The lowest BCUT2D eigenvalue weighted by atomic mass is 10.2. The first-order valence-corrected chi connectivity index (χ1v) is 10.4. The van der Waals surface area contributed by atoms with Crippen molar-refractivity contribution in [2.45, 2.75) is 5.16 Å². The Morgan fingerprint density at radius 1 is 1.10 bits per heavy atom. The van der Waals surface area contributed by atoms with E-state index in [0.29, 0.717) is 27.5 Å². The van der Waals surface area contributed by atoms with Crippen molar-refractivity contribution < 1.29 is 9.21 Å².